The van der Waals surface area contributed by atoms with Crippen molar-refractivity contribution in [2.75, 3.05) is 13.2 Å². The van der Waals surface area contributed by atoms with E-state index in [4.69, 9.17) is 5.11 Å². The smallest absolute Gasteiger partial charge is 0.243 e. The SMILES string of the molecule is CCCC(=O)N(Cc1ccc(F)cc1)[C@@H](Cc1ccccc1)C(=O)NCCCO. The number of aliphatic hydroxyl groups is 1. The van der Waals surface area contributed by atoms with E-state index in [0.717, 1.165) is 11.1 Å². The second-order valence-corrected chi connectivity index (χ2v) is 6.97. The van der Waals surface area contributed by atoms with Crippen LogP contribution >= 0.6 is 0 Å². The molecule has 0 radical (unpaired) electrons. The first-order chi connectivity index (χ1) is 14.0. The molecule has 2 rings (SSSR count). The highest BCUT2D eigenvalue weighted by Gasteiger charge is 2.29. The zero-order chi connectivity index (χ0) is 21.1. The molecule has 0 aromatic heterocycles. The maximum Gasteiger partial charge on any atom is 0.243 e. The number of rotatable bonds is 11. The molecule has 156 valence electrons. The Labute approximate surface area is 171 Å². The molecule has 0 aliphatic heterocycles. The number of nitrogens with one attached hydrogen (secondary N) is 1. The van der Waals surface area contributed by atoms with Crippen molar-refractivity contribution >= 4 is 11.8 Å². The van der Waals surface area contributed by atoms with E-state index in [9.17, 15) is 14.0 Å². The Kier molecular flexibility index (Phi) is 9.31. The van der Waals surface area contributed by atoms with Crippen molar-refractivity contribution in [1.82, 2.24) is 10.2 Å². The topological polar surface area (TPSA) is 69.6 Å². The predicted molar refractivity (Wildman–Crippen MR) is 111 cm³/mol. The molecule has 2 N–H and O–H groups in total. The van der Waals surface area contributed by atoms with Crippen LogP contribution in [0.15, 0.2) is 54.6 Å². The van der Waals surface area contributed by atoms with Crippen LogP contribution in [0.3, 0.4) is 0 Å². The van der Waals surface area contributed by atoms with E-state index < -0.39 is 6.04 Å². The molecule has 0 fully saturated rings. The van der Waals surface area contributed by atoms with Gasteiger partial charge in [-0.2, -0.15) is 0 Å². The summed E-state index contributed by atoms with van der Waals surface area (Å²) in [6.45, 7) is 2.47. The summed E-state index contributed by atoms with van der Waals surface area (Å²) in [5.74, 6) is -0.716. The first-order valence-electron chi connectivity index (χ1n) is 10.0. The number of nitrogens with zero attached hydrogens (tertiary/aromatic N) is 1. The van der Waals surface area contributed by atoms with Gasteiger partial charge in [-0.25, -0.2) is 4.39 Å². The lowest BCUT2D eigenvalue weighted by molar-refractivity contribution is -0.141. The zero-order valence-electron chi connectivity index (χ0n) is 16.8. The highest BCUT2D eigenvalue weighted by atomic mass is 19.1. The van der Waals surface area contributed by atoms with Gasteiger partial charge in [-0.3, -0.25) is 9.59 Å². The number of hydrogen-bond donors (Lipinski definition) is 2. The molecule has 0 spiro atoms. The Hall–Kier alpha value is -2.73. The summed E-state index contributed by atoms with van der Waals surface area (Å²) in [5, 5.41) is 11.8. The van der Waals surface area contributed by atoms with Gasteiger partial charge in [0.2, 0.25) is 11.8 Å². The number of carbonyl (C=O) groups excluding carboxylic acids is 2. The van der Waals surface area contributed by atoms with Gasteiger partial charge in [0.1, 0.15) is 11.9 Å². The van der Waals surface area contributed by atoms with Gasteiger partial charge >= 0.3 is 0 Å². The summed E-state index contributed by atoms with van der Waals surface area (Å²) in [6, 6.07) is 14.8. The number of benzene rings is 2. The summed E-state index contributed by atoms with van der Waals surface area (Å²) in [5.41, 5.74) is 1.71. The molecule has 5 nitrogen and oxygen atoms in total. The lowest BCUT2D eigenvalue weighted by Gasteiger charge is -2.31. The van der Waals surface area contributed by atoms with Gasteiger partial charge < -0.3 is 15.3 Å². The van der Waals surface area contributed by atoms with Gasteiger partial charge in [0.15, 0.2) is 0 Å². The van der Waals surface area contributed by atoms with E-state index in [2.05, 4.69) is 5.32 Å². The van der Waals surface area contributed by atoms with Crippen molar-refractivity contribution < 1.29 is 19.1 Å². The largest absolute Gasteiger partial charge is 0.396 e. The van der Waals surface area contributed by atoms with E-state index in [-0.39, 0.29) is 30.8 Å². The fourth-order valence-electron chi connectivity index (χ4n) is 3.11. The summed E-state index contributed by atoms with van der Waals surface area (Å²) in [6.07, 6.45) is 1.83. The Morgan fingerprint density at radius 1 is 1.07 bits per heavy atom. The molecular formula is C23H29FN2O3. The highest BCUT2D eigenvalue weighted by molar-refractivity contribution is 5.88. The predicted octanol–water partition coefficient (Wildman–Crippen LogP) is 3.06. The second kappa shape index (κ2) is 12.0. The molecule has 0 saturated carbocycles. The second-order valence-electron chi connectivity index (χ2n) is 6.97. The molecule has 0 bridgehead atoms. The molecule has 0 heterocycles. The minimum Gasteiger partial charge on any atom is -0.396 e. The standard InChI is InChI=1S/C23H29FN2O3/c1-2-7-22(28)26(17-19-10-12-20(24)13-11-19)21(23(29)25-14-6-15-27)16-18-8-4-3-5-9-18/h3-5,8-13,21,27H,2,6-7,14-17H2,1H3,(H,25,29)/t21-/m0/s1. The van der Waals surface area contributed by atoms with Crippen LogP contribution < -0.4 is 5.32 Å². The minimum absolute atomic E-state index is 0.0162. The number of carbonyl (C=O) groups is 2. The van der Waals surface area contributed by atoms with Crippen LogP contribution in [0.5, 0.6) is 0 Å². The van der Waals surface area contributed by atoms with Crippen LogP contribution in [-0.4, -0.2) is 41.0 Å². The monoisotopic (exact) mass is 400 g/mol. The normalized spacial score (nSPS) is 11.7. The van der Waals surface area contributed by atoms with Crippen molar-refractivity contribution in [1.29, 1.82) is 0 Å². The molecule has 0 aliphatic rings. The van der Waals surface area contributed by atoms with Crippen molar-refractivity contribution in [2.45, 2.75) is 45.2 Å². The van der Waals surface area contributed by atoms with Crippen LogP contribution in [0.4, 0.5) is 4.39 Å². The summed E-state index contributed by atoms with van der Waals surface area (Å²) in [7, 11) is 0. The Morgan fingerprint density at radius 2 is 1.76 bits per heavy atom. The third-order valence-electron chi connectivity index (χ3n) is 4.64. The third kappa shape index (κ3) is 7.31. The molecule has 0 unspecified atom stereocenters. The van der Waals surface area contributed by atoms with Crippen molar-refractivity contribution in [2.24, 2.45) is 0 Å². The molecule has 0 saturated heterocycles. The summed E-state index contributed by atoms with van der Waals surface area (Å²) in [4.78, 5) is 27.5. The maximum absolute atomic E-state index is 13.3. The molecule has 0 aliphatic carbocycles. The third-order valence-corrected chi connectivity index (χ3v) is 4.64. The van der Waals surface area contributed by atoms with Crippen LogP contribution in [0.2, 0.25) is 0 Å². The van der Waals surface area contributed by atoms with Gasteiger partial charge in [-0.1, -0.05) is 49.4 Å². The Morgan fingerprint density at radius 3 is 2.38 bits per heavy atom. The molecule has 2 aromatic carbocycles. The molecular weight excluding hydrogens is 371 g/mol. The lowest BCUT2D eigenvalue weighted by atomic mass is 10.0. The van der Waals surface area contributed by atoms with Gasteiger partial charge in [0.25, 0.3) is 0 Å². The molecule has 1 atom stereocenters. The van der Waals surface area contributed by atoms with E-state index in [0.29, 0.717) is 32.2 Å². The average molecular weight is 400 g/mol. The van der Waals surface area contributed by atoms with Gasteiger partial charge in [-0.05, 0) is 36.1 Å². The fourth-order valence-corrected chi connectivity index (χ4v) is 3.11. The Bertz CT molecular complexity index is 765. The van der Waals surface area contributed by atoms with E-state index in [1.807, 2.05) is 37.3 Å². The minimum atomic E-state index is -0.694. The summed E-state index contributed by atoms with van der Waals surface area (Å²) < 4.78 is 13.3. The van der Waals surface area contributed by atoms with Crippen molar-refractivity contribution in [3.05, 3.63) is 71.5 Å². The maximum atomic E-state index is 13.3. The first kappa shape index (κ1) is 22.6. The summed E-state index contributed by atoms with van der Waals surface area (Å²) >= 11 is 0. The molecule has 2 aromatic rings. The molecule has 29 heavy (non-hydrogen) atoms. The first-order valence-corrected chi connectivity index (χ1v) is 10.0. The number of hydrogen-bond acceptors (Lipinski definition) is 3. The van der Waals surface area contributed by atoms with Crippen LogP contribution in [-0.2, 0) is 22.6 Å². The fraction of sp³-hybridized carbons (Fsp3) is 0.391. The van der Waals surface area contributed by atoms with Crippen molar-refractivity contribution in [3.63, 3.8) is 0 Å². The van der Waals surface area contributed by atoms with Gasteiger partial charge in [0.05, 0.1) is 0 Å². The number of aliphatic hydroxyl groups excluding tert-OH is 1. The van der Waals surface area contributed by atoms with E-state index in [1.165, 1.54) is 12.1 Å². The van der Waals surface area contributed by atoms with E-state index in [1.54, 1.807) is 17.0 Å². The van der Waals surface area contributed by atoms with Gasteiger partial charge in [-0.15, -0.1) is 0 Å². The van der Waals surface area contributed by atoms with E-state index >= 15 is 0 Å². The van der Waals surface area contributed by atoms with Crippen LogP contribution in [0, 0.1) is 5.82 Å². The molecule has 2 amide bonds. The van der Waals surface area contributed by atoms with Crippen LogP contribution in [0.25, 0.3) is 0 Å². The molecule has 6 heteroatoms. The zero-order valence-corrected chi connectivity index (χ0v) is 16.8. The lowest BCUT2D eigenvalue weighted by Crippen LogP contribution is -2.50. The number of halogens is 1. The van der Waals surface area contributed by atoms with Crippen molar-refractivity contribution in [3.8, 4) is 0 Å². The Balaban J connectivity index is 2.30. The quantitative estimate of drug-likeness (QED) is 0.570. The van der Waals surface area contributed by atoms with Crippen LogP contribution in [0.1, 0.15) is 37.3 Å². The average Bonchev–Trinajstić information content (AvgIpc) is 2.73. The number of amides is 2. The highest BCUT2D eigenvalue weighted by Crippen LogP contribution is 2.16. The van der Waals surface area contributed by atoms with Gasteiger partial charge in [0, 0.05) is 32.5 Å².